The van der Waals surface area contributed by atoms with E-state index in [1.807, 2.05) is 4.90 Å². The lowest BCUT2D eigenvalue weighted by molar-refractivity contribution is -0.141. The summed E-state index contributed by atoms with van der Waals surface area (Å²) in [4.78, 5) is 36.6. The maximum atomic E-state index is 11.9. The lowest BCUT2D eigenvalue weighted by atomic mass is 10.1. The van der Waals surface area contributed by atoms with E-state index < -0.39 is 5.97 Å². The highest BCUT2D eigenvalue weighted by molar-refractivity contribution is 5.90. The fourth-order valence-corrected chi connectivity index (χ4v) is 2.85. The number of carbonyl (C=O) groups is 3. The van der Waals surface area contributed by atoms with E-state index in [2.05, 4.69) is 10.1 Å². The third-order valence-corrected chi connectivity index (χ3v) is 3.93. The summed E-state index contributed by atoms with van der Waals surface area (Å²) in [6.45, 7) is 0.347. The van der Waals surface area contributed by atoms with Crippen LogP contribution in [0.15, 0.2) is 0 Å². The molecule has 0 aromatic heterocycles. The van der Waals surface area contributed by atoms with Crippen molar-refractivity contribution < 1.29 is 19.1 Å². The molecule has 0 aromatic rings. The summed E-state index contributed by atoms with van der Waals surface area (Å²) in [7, 11) is 1.27. The molecule has 0 bridgehead atoms. The van der Waals surface area contributed by atoms with Gasteiger partial charge in [0.15, 0.2) is 0 Å². The van der Waals surface area contributed by atoms with Crippen molar-refractivity contribution in [3.8, 4) is 0 Å². The smallest absolute Gasteiger partial charge is 0.325 e. The summed E-state index contributed by atoms with van der Waals surface area (Å²) < 4.78 is 4.46. The van der Waals surface area contributed by atoms with Gasteiger partial charge in [-0.1, -0.05) is 12.8 Å². The van der Waals surface area contributed by atoms with Gasteiger partial charge in [0.05, 0.1) is 13.0 Å². The molecule has 1 aliphatic heterocycles. The van der Waals surface area contributed by atoms with Crippen LogP contribution < -0.4 is 5.32 Å². The van der Waals surface area contributed by atoms with Gasteiger partial charge in [-0.25, -0.2) is 0 Å². The van der Waals surface area contributed by atoms with Crippen LogP contribution in [0, 0.1) is 5.92 Å². The lowest BCUT2D eigenvalue weighted by Crippen LogP contribution is -2.38. The van der Waals surface area contributed by atoms with Gasteiger partial charge in [-0.05, 0) is 12.8 Å². The molecule has 2 fully saturated rings. The number of rotatable bonds is 4. The van der Waals surface area contributed by atoms with Crippen LogP contribution in [0.25, 0.3) is 0 Å². The minimum absolute atomic E-state index is 0.0603. The molecule has 6 heteroatoms. The van der Waals surface area contributed by atoms with Crippen molar-refractivity contribution in [2.45, 2.75) is 38.1 Å². The second-order valence-electron chi connectivity index (χ2n) is 5.18. The highest BCUT2D eigenvalue weighted by Gasteiger charge is 2.38. The number of methoxy groups -OCH3 is 1. The van der Waals surface area contributed by atoms with E-state index in [-0.39, 0.29) is 30.7 Å². The number of esters is 1. The maximum Gasteiger partial charge on any atom is 0.325 e. The van der Waals surface area contributed by atoms with E-state index in [4.69, 9.17) is 0 Å². The number of ether oxygens (including phenoxy) is 1. The Morgan fingerprint density at radius 2 is 2.05 bits per heavy atom. The molecular formula is C13H20N2O4. The number of nitrogens with zero attached hydrogens (tertiary/aromatic N) is 1. The Balaban J connectivity index is 1.84. The van der Waals surface area contributed by atoms with Crippen molar-refractivity contribution in [1.29, 1.82) is 0 Å². The van der Waals surface area contributed by atoms with Gasteiger partial charge in [-0.3, -0.25) is 14.4 Å². The van der Waals surface area contributed by atoms with Gasteiger partial charge >= 0.3 is 5.97 Å². The highest BCUT2D eigenvalue weighted by Crippen LogP contribution is 2.29. The van der Waals surface area contributed by atoms with Crippen molar-refractivity contribution in [3.63, 3.8) is 0 Å². The Morgan fingerprint density at radius 1 is 1.37 bits per heavy atom. The molecule has 1 heterocycles. The SMILES string of the molecule is COC(=O)CNC(=O)[C@H]1CC(=O)N(C2CCCC2)C1. The zero-order chi connectivity index (χ0) is 13.8. The van der Waals surface area contributed by atoms with Crippen LogP contribution in [0.3, 0.4) is 0 Å². The van der Waals surface area contributed by atoms with Crippen molar-refractivity contribution in [2.24, 2.45) is 5.92 Å². The zero-order valence-electron chi connectivity index (χ0n) is 11.2. The summed E-state index contributed by atoms with van der Waals surface area (Å²) in [6, 6.07) is 0.311. The molecular weight excluding hydrogens is 248 g/mol. The predicted octanol–water partition coefficient (Wildman–Crippen LogP) is 0.0667. The second-order valence-corrected chi connectivity index (χ2v) is 5.18. The summed E-state index contributed by atoms with van der Waals surface area (Å²) >= 11 is 0. The zero-order valence-corrected chi connectivity index (χ0v) is 11.2. The summed E-state index contributed by atoms with van der Waals surface area (Å²) in [5.74, 6) is -0.993. The molecule has 0 unspecified atom stereocenters. The monoisotopic (exact) mass is 268 g/mol. The topological polar surface area (TPSA) is 75.7 Å². The average Bonchev–Trinajstić information content (AvgIpc) is 3.04. The normalized spacial score (nSPS) is 23.7. The third-order valence-electron chi connectivity index (χ3n) is 3.93. The molecule has 1 atom stereocenters. The molecule has 1 N–H and O–H groups in total. The lowest BCUT2D eigenvalue weighted by Gasteiger charge is -2.23. The molecule has 0 aromatic carbocycles. The predicted molar refractivity (Wildman–Crippen MR) is 67.1 cm³/mol. The van der Waals surface area contributed by atoms with Gasteiger partial charge in [-0.2, -0.15) is 0 Å². The Bertz CT molecular complexity index is 377. The Kier molecular flexibility index (Phi) is 4.39. The van der Waals surface area contributed by atoms with E-state index in [0.717, 1.165) is 25.7 Å². The van der Waals surface area contributed by atoms with Gasteiger partial charge in [0.2, 0.25) is 11.8 Å². The van der Waals surface area contributed by atoms with Crippen LogP contribution in [0.5, 0.6) is 0 Å². The molecule has 1 aliphatic carbocycles. The molecule has 2 aliphatic rings. The Hall–Kier alpha value is -1.59. The molecule has 19 heavy (non-hydrogen) atoms. The van der Waals surface area contributed by atoms with E-state index in [1.54, 1.807) is 0 Å². The first-order valence-electron chi connectivity index (χ1n) is 6.76. The van der Waals surface area contributed by atoms with Gasteiger partial charge in [0.1, 0.15) is 6.54 Å². The van der Waals surface area contributed by atoms with Gasteiger partial charge in [-0.15, -0.1) is 0 Å². The molecule has 0 radical (unpaired) electrons. The fraction of sp³-hybridized carbons (Fsp3) is 0.769. The van der Waals surface area contributed by atoms with Crippen molar-refractivity contribution >= 4 is 17.8 Å². The van der Waals surface area contributed by atoms with Crippen LogP contribution in [-0.4, -0.2) is 48.9 Å². The highest BCUT2D eigenvalue weighted by atomic mass is 16.5. The Labute approximate surface area is 112 Å². The van der Waals surface area contributed by atoms with Crippen molar-refractivity contribution in [2.75, 3.05) is 20.2 Å². The molecule has 6 nitrogen and oxygen atoms in total. The molecule has 1 saturated heterocycles. The Morgan fingerprint density at radius 3 is 2.68 bits per heavy atom. The number of hydrogen-bond donors (Lipinski definition) is 1. The minimum Gasteiger partial charge on any atom is -0.468 e. The molecule has 2 amide bonds. The third kappa shape index (κ3) is 3.24. The van der Waals surface area contributed by atoms with Crippen LogP contribution in [0.4, 0.5) is 0 Å². The number of likely N-dealkylation sites (tertiary alicyclic amines) is 1. The van der Waals surface area contributed by atoms with Gasteiger partial charge in [0, 0.05) is 19.0 Å². The molecule has 1 saturated carbocycles. The first kappa shape index (κ1) is 13.8. The largest absolute Gasteiger partial charge is 0.468 e. The molecule has 0 spiro atoms. The van der Waals surface area contributed by atoms with Gasteiger partial charge < -0.3 is 15.0 Å². The minimum atomic E-state index is -0.481. The molecule has 106 valence electrons. The van der Waals surface area contributed by atoms with Crippen molar-refractivity contribution in [1.82, 2.24) is 10.2 Å². The number of hydrogen-bond acceptors (Lipinski definition) is 4. The molecule has 2 rings (SSSR count). The fourth-order valence-electron chi connectivity index (χ4n) is 2.85. The summed E-state index contributed by atoms with van der Waals surface area (Å²) in [6.07, 6.45) is 4.66. The second kappa shape index (κ2) is 6.04. The van der Waals surface area contributed by atoms with Gasteiger partial charge in [0.25, 0.3) is 0 Å². The summed E-state index contributed by atoms with van der Waals surface area (Å²) in [5, 5.41) is 2.51. The van der Waals surface area contributed by atoms with Crippen LogP contribution in [0.2, 0.25) is 0 Å². The number of amides is 2. The standard InChI is InChI=1S/C13H20N2O4/c1-19-12(17)7-14-13(18)9-6-11(16)15(8-9)10-4-2-3-5-10/h9-10H,2-8H2,1H3,(H,14,18)/t9-/m0/s1. The average molecular weight is 268 g/mol. The quantitative estimate of drug-likeness (QED) is 0.732. The van der Waals surface area contributed by atoms with Crippen LogP contribution in [-0.2, 0) is 19.1 Å². The van der Waals surface area contributed by atoms with Crippen LogP contribution >= 0.6 is 0 Å². The number of nitrogens with one attached hydrogen (secondary N) is 1. The van der Waals surface area contributed by atoms with E-state index in [9.17, 15) is 14.4 Å². The van der Waals surface area contributed by atoms with Crippen LogP contribution in [0.1, 0.15) is 32.1 Å². The van der Waals surface area contributed by atoms with E-state index in [0.29, 0.717) is 12.6 Å². The first-order valence-corrected chi connectivity index (χ1v) is 6.76. The van der Waals surface area contributed by atoms with E-state index in [1.165, 1.54) is 7.11 Å². The summed E-state index contributed by atoms with van der Waals surface area (Å²) in [5.41, 5.74) is 0. The first-order chi connectivity index (χ1) is 9.11. The van der Waals surface area contributed by atoms with E-state index >= 15 is 0 Å². The van der Waals surface area contributed by atoms with Crippen molar-refractivity contribution in [3.05, 3.63) is 0 Å². The maximum absolute atomic E-state index is 11.9. The number of carbonyl (C=O) groups excluding carboxylic acids is 3.